The van der Waals surface area contributed by atoms with E-state index in [9.17, 15) is 13.2 Å². The Labute approximate surface area is 163 Å². The smallest absolute Gasteiger partial charge is 0.216 e. The predicted molar refractivity (Wildman–Crippen MR) is 106 cm³/mol. The molecule has 7 nitrogen and oxygen atoms in total. The van der Waals surface area contributed by atoms with Crippen molar-refractivity contribution in [3.63, 3.8) is 0 Å². The number of nitrogens with two attached hydrogens (primary N) is 1. The molecule has 1 aromatic carbocycles. The summed E-state index contributed by atoms with van der Waals surface area (Å²) in [5.41, 5.74) is 2.16. The molecule has 0 aliphatic carbocycles. The van der Waals surface area contributed by atoms with Gasteiger partial charge in [0.15, 0.2) is 0 Å². The third-order valence-electron chi connectivity index (χ3n) is 4.66. The van der Waals surface area contributed by atoms with E-state index in [4.69, 9.17) is 9.88 Å². The third kappa shape index (κ3) is 4.13. The molecule has 0 amide bonds. The number of aromatic nitrogens is 2. The van der Waals surface area contributed by atoms with Crippen LogP contribution in [-0.4, -0.2) is 30.9 Å². The van der Waals surface area contributed by atoms with E-state index in [1.54, 1.807) is 73.5 Å². The topological polar surface area (TPSA) is 104 Å². The van der Waals surface area contributed by atoms with Gasteiger partial charge in [-0.25, -0.2) is 13.6 Å². The number of benzene rings is 1. The molecular weight excluding hydrogens is 378 g/mol. The van der Waals surface area contributed by atoms with Gasteiger partial charge in [-0.15, -0.1) is 0 Å². The van der Waals surface area contributed by atoms with Crippen LogP contribution in [0.3, 0.4) is 0 Å². The van der Waals surface area contributed by atoms with Crippen molar-refractivity contribution in [2.45, 2.75) is 11.7 Å². The number of ketones is 1. The van der Waals surface area contributed by atoms with Crippen LogP contribution in [0.2, 0.25) is 0 Å². The molecule has 1 unspecified atom stereocenters. The van der Waals surface area contributed by atoms with Crippen LogP contribution < -0.4 is 9.88 Å². The SMILES string of the molecule is COc1ccc(C(=O)c2ccc(CC(c3cccnc3)S(N)(=O)=O)n2C)cc1. The van der Waals surface area contributed by atoms with Gasteiger partial charge < -0.3 is 9.30 Å². The van der Waals surface area contributed by atoms with Crippen LogP contribution in [0.25, 0.3) is 0 Å². The highest BCUT2D eigenvalue weighted by atomic mass is 32.2. The molecule has 3 aromatic rings. The molecule has 0 radical (unpaired) electrons. The Kier molecular flexibility index (Phi) is 5.62. The normalized spacial score (nSPS) is 12.5. The number of pyridine rings is 1. The Morgan fingerprint density at radius 2 is 1.89 bits per heavy atom. The number of primary sulfonamides is 1. The van der Waals surface area contributed by atoms with E-state index in [0.717, 1.165) is 0 Å². The summed E-state index contributed by atoms with van der Waals surface area (Å²) in [7, 11) is -0.564. The first-order valence-corrected chi connectivity index (χ1v) is 10.2. The van der Waals surface area contributed by atoms with Gasteiger partial charge in [0.2, 0.25) is 15.8 Å². The lowest BCUT2D eigenvalue weighted by Gasteiger charge is -2.16. The molecule has 2 heterocycles. The van der Waals surface area contributed by atoms with Gasteiger partial charge >= 0.3 is 0 Å². The molecular formula is C20H21N3O4S. The van der Waals surface area contributed by atoms with Crippen molar-refractivity contribution >= 4 is 15.8 Å². The maximum absolute atomic E-state index is 12.8. The highest BCUT2D eigenvalue weighted by Gasteiger charge is 2.26. The van der Waals surface area contributed by atoms with E-state index in [1.807, 2.05) is 0 Å². The van der Waals surface area contributed by atoms with Crippen LogP contribution in [0.15, 0.2) is 60.9 Å². The molecule has 0 saturated heterocycles. The van der Waals surface area contributed by atoms with E-state index in [-0.39, 0.29) is 12.2 Å². The van der Waals surface area contributed by atoms with E-state index in [0.29, 0.717) is 28.3 Å². The Morgan fingerprint density at radius 3 is 2.46 bits per heavy atom. The maximum atomic E-state index is 12.8. The monoisotopic (exact) mass is 399 g/mol. The fraction of sp³-hybridized carbons (Fsp3) is 0.200. The molecule has 2 aromatic heterocycles. The first-order chi connectivity index (χ1) is 13.3. The van der Waals surface area contributed by atoms with Crippen molar-refractivity contribution in [3.8, 4) is 5.75 Å². The second-order valence-electron chi connectivity index (χ2n) is 6.39. The van der Waals surface area contributed by atoms with Crippen molar-refractivity contribution < 1.29 is 17.9 Å². The lowest BCUT2D eigenvalue weighted by molar-refractivity contribution is 0.103. The van der Waals surface area contributed by atoms with Gasteiger partial charge in [-0.3, -0.25) is 9.78 Å². The number of hydrogen-bond donors (Lipinski definition) is 1. The van der Waals surface area contributed by atoms with E-state index >= 15 is 0 Å². The molecule has 28 heavy (non-hydrogen) atoms. The number of hydrogen-bond acceptors (Lipinski definition) is 5. The summed E-state index contributed by atoms with van der Waals surface area (Å²) < 4.78 is 31.1. The molecule has 0 spiro atoms. The Balaban J connectivity index is 1.90. The second kappa shape index (κ2) is 7.95. The molecule has 0 fully saturated rings. The van der Waals surface area contributed by atoms with E-state index in [1.165, 1.54) is 6.20 Å². The van der Waals surface area contributed by atoms with Gasteiger partial charge in [-0.05, 0) is 48.0 Å². The van der Waals surface area contributed by atoms with Gasteiger partial charge in [0, 0.05) is 37.1 Å². The minimum atomic E-state index is -3.86. The summed E-state index contributed by atoms with van der Waals surface area (Å²) in [6.45, 7) is 0. The Hall–Kier alpha value is -2.97. The first-order valence-electron chi connectivity index (χ1n) is 8.56. The highest BCUT2D eigenvalue weighted by molar-refractivity contribution is 7.89. The van der Waals surface area contributed by atoms with Crippen molar-refractivity contribution in [1.82, 2.24) is 9.55 Å². The van der Waals surface area contributed by atoms with Crippen molar-refractivity contribution in [1.29, 1.82) is 0 Å². The largest absolute Gasteiger partial charge is 0.497 e. The number of nitrogens with zero attached hydrogens (tertiary/aromatic N) is 2. The molecule has 0 saturated carbocycles. The molecule has 146 valence electrons. The summed E-state index contributed by atoms with van der Waals surface area (Å²) in [5.74, 6) is 0.501. The molecule has 0 bridgehead atoms. The van der Waals surface area contributed by atoms with Crippen LogP contribution in [0.1, 0.15) is 32.6 Å². The van der Waals surface area contributed by atoms with Crippen molar-refractivity contribution in [2.75, 3.05) is 7.11 Å². The number of carbonyl (C=O) groups excluding carboxylic acids is 1. The van der Waals surface area contributed by atoms with Crippen molar-refractivity contribution in [3.05, 3.63) is 83.4 Å². The molecule has 8 heteroatoms. The van der Waals surface area contributed by atoms with Crippen LogP contribution >= 0.6 is 0 Å². The van der Waals surface area contributed by atoms with Crippen LogP contribution in [0, 0.1) is 0 Å². The van der Waals surface area contributed by atoms with Crippen LogP contribution in [0.4, 0.5) is 0 Å². The standard InChI is InChI=1S/C20H21N3O4S/c1-23-16(12-19(28(21,25)26)15-4-3-11-22-13-15)7-10-18(23)20(24)14-5-8-17(27-2)9-6-14/h3-11,13,19H,12H2,1-2H3,(H2,21,25,26). The van der Waals surface area contributed by atoms with Crippen LogP contribution in [0.5, 0.6) is 5.75 Å². The molecule has 2 N–H and O–H groups in total. The van der Waals surface area contributed by atoms with Gasteiger partial charge in [0.25, 0.3) is 0 Å². The molecule has 1 atom stereocenters. The quantitative estimate of drug-likeness (QED) is 0.614. The molecule has 3 rings (SSSR count). The predicted octanol–water partition coefficient (Wildman–Crippen LogP) is 2.23. The lowest BCUT2D eigenvalue weighted by atomic mass is 10.1. The zero-order chi connectivity index (χ0) is 20.3. The number of rotatable bonds is 7. The van der Waals surface area contributed by atoms with E-state index < -0.39 is 15.3 Å². The van der Waals surface area contributed by atoms with Gasteiger partial charge in [0.1, 0.15) is 11.0 Å². The first kappa shape index (κ1) is 19.8. The number of methoxy groups -OCH3 is 1. The fourth-order valence-corrected chi connectivity index (χ4v) is 3.98. The summed E-state index contributed by atoms with van der Waals surface area (Å²) >= 11 is 0. The van der Waals surface area contributed by atoms with Crippen molar-refractivity contribution in [2.24, 2.45) is 12.2 Å². The Bertz CT molecular complexity index is 1070. The second-order valence-corrected chi connectivity index (χ2v) is 8.14. The average Bonchev–Trinajstić information content (AvgIpc) is 3.05. The maximum Gasteiger partial charge on any atom is 0.216 e. The summed E-state index contributed by atoms with van der Waals surface area (Å²) in [5, 5.41) is 4.51. The third-order valence-corrected chi connectivity index (χ3v) is 5.89. The average molecular weight is 399 g/mol. The highest BCUT2D eigenvalue weighted by Crippen LogP contribution is 2.26. The number of sulfonamides is 1. The zero-order valence-electron chi connectivity index (χ0n) is 15.6. The van der Waals surface area contributed by atoms with E-state index in [2.05, 4.69) is 4.98 Å². The zero-order valence-corrected chi connectivity index (χ0v) is 16.4. The summed E-state index contributed by atoms with van der Waals surface area (Å²) in [6, 6.07) is 13.6. The Morgan fingerprint density at radius 1 is 1.18 bits per heavy atom. The van der Waals surface area contributed by atoms with Gasteiger partial charge in [0.05, 0.1) is 12.8 Å². The summed E-state index contributed by atoms with van der Waals surface area (Å²) in [4.78, 5) is 16.8. The van der Waals surface area contributed by atoms with Gasteiger partial charge in [-0.2, -0.15) is 0 Å². The fourth-order valence-electron chi connectivity index (χ4n) is 3.06. The minimum Gasteiger partial charge on any atom is -0.497 e. The van der Waals surface area contributed by atoms with Crippen LogP contribution in [-0.2, 0) is 23.5 Å². The molecule has 0 aliphatic heterocycles. The van der Waals surface area contributed by atoms with Gasteiger partial charge in [-0.1, -0.05) is 6.07 Å². The number of carbonyl (C=O) groups is 1. The lowest BCUT2D eigenvalue weighted by Crippen LogP contribution is -2.24. The minimum absolute atomic E-state index is 0.136. The number of ether oxygens (including phenoxy) is 1. The molecule has 0 aliphatic rings. The summed E-state index contributed by atoms with van der Waals surface area (Å²) in [6.07, 6.45) is 3.19.